The molecular formula is C24H30FN5O2S2. The molecule has 2 fully saturated rings. The zero-order valence-electron chi connectivity index (χ0n) is 19.0. The van der Waals surface area contributed by atoms with Gasteiger partial charge in [0.15, 0.2) is 10.2 Å². The van der Waals surface area contributed by atoms with Crippen molar-refractivity contribution in [3.63, 3.8) is 0 Å². The first kappa shape index (κ1) is 24.5. The minimum absolute atomic E-state index is 0.112. The molecule has 2 aliphatic rings. The second kappa shape index (κ2) is 11.7. The standard InChI is InChI=1S/C24H30FN5O2S2/c25-19-8-4-7-18(13-19)15-27-24(33)29-10-11-30(21(31)16-29)20(14-17-5-2-1-3-6-17)22(32)28-23-26-9-12-34-23/h4,7-9,12-13,17,20H,1-3,5-6,10-11,14-16H2,(H,27,33)(H,26,28,32). The van der Waals surface area contributed by atoms with Gasteiger partial charge in [-0.1, -0.05) is 44.2 Å². The fourth-order valence-corrected chi connectivity index (χ4v) is 5.47. The number of thiocarbonyl (C=S) groups is 1. The Morgan fingerprint density at radius 3 is 2.79 bits per heavy atom. The normalized spacial score (nSPS) is 18.0. The van der Waals surface area contributed by atoms with Crippen LogP contribution in [0.15, 0.2) is 35.8 Å². The van der Waals surface area contributed by atoms with Crippen molar-refractivity contribution in [2.24, 2.45) is 5.92 Å². The first-order chi connectivity index (χ1) is 16.5. The molecule has 1 saturated heterocycles. The fraction of sp³-hybridized carbons (Fsp3) is 0.500. The van der Waals surface area contributed by atoms with E-state index in [1.165, 1.54) is 42.7 Å². The van der Waals surface area contributed by atoms with E-state index in [4.69, 9.17) is 12.2 Å². The Balaban J connectivity index is 1.37. The van der Waals surface area contributed by atoms with Gasteiger partial charge < -0.3 is 20.4 Å². The molecule has 0 radical (unpaired) electrons. The average Bonchev–Trinajstić information content (AvgIpc) is 3.35. The number of anilines is 1. The molecule has 1 aromatic heterocycles. The van der Waals surface area contributed by atoms with Crippen molar-refractivity contribution in [1.82, 2.24) is 20.1 Å². The molecule has 0 spiro atoms. The van der Waals surface area contributed by atoms with Gasteiger partial charge in [0.1, 0.15) is 11.9 Å². The molecule has 1 atom stereocenters. The maximum atomic E-state index is 13.4. The summed E-state index contributed by atoms with van der Waals surface area (Å²) in [5.74, 6) is -0.139. The first-order valence-corrected chi connectivity index (χ1v) is 13.1. The Kier molecular flexibility index (Phi) is 8.44. The molecule has 2 heterocycles. The van der Waals surface area contributed by atoms with E-state index in [1.54, 1.807) is 17.2 Å². The van der Waals surface area contributed by atoms with Crippen LogP contribution in [-0.2, 0) is 16.1 Å². The van der Waals surface area contributed by atoms with Gasteiger partial charge in [0.25, 0.3) is 0 Å². The van der Waals surface area contributed by atoms with E-state index in [-0.39, 0.29) is 24.2 Å². The number of thiazole rings is 1. The Bertz CT molecular complexity index is 997. The summed E-state index contributed by atoms with van der Waals surface area (Å²) in [5.41, 5.74) is 0.777. The zero-order valence-corrected chi connectivity index (χ0v) is 20.7. The van der Waals surface area contributed by atoms with Crippen LogP contribution in [0.2, 0.25) is 0 Å². The summed E-state index contributed by atoms with van der Waals surface area (Å²) in [7, 11) is 0. The lowest BCUT2D eigenvalue weighted by molar-refractivity contribution is -0.142. The number of halogens is 1. The average molecular weight is 504 g/mol. The lowest BCUT2D eigenvalue weighted by Gasteiger charge is -2.40. The van der Waals surface area contributed by atoms with Crippen molar-refractivity contribution in [3.05, 3.63) is 47.2 Å². The quantitative estimate of drug-likeness (QED) is 0.560. The number of amides is 2. The second-order valence-corrected chi connectivity index (χ2v) is 10.2. The van der Waals surface area contributed by atoms with Crippen molar-refractivity contribution in [1.29, 1.82) is 0 Å². The summed E-state index contributed by atoms with van der Waals surface area (Å²) in [6.07, 6.45) is 8.12. The number of aromatic nitrogens is 1. The van der Waals surface area contributed by atoms with Gasteiger partial charge in [0.2, 0.25) is 11.8 Å². The molecule has 2 aromatic rings. The predicted octanol–water partition coefficient (Wildman–Crippen LogP) is 3.78. The molecule has 1 aromatic carbocycles. The Labute approximate surface area is 208 Å². The highest BCUT2D eigenvalue weighted by molar-refractivity contribution is 7.80. The summed E-state index contributed by atoms with van der Waals surface area (Å²) < 4.78 is 13.4. The summed E-state index contributed by atoms with van der Waals surface area (Å²) >= 11 is 6.85. The van der Waals surface area contributed by atoms with Gasteiger partial charge in [-0.2, -0.15) is 0 Å². The van der Waals surface area contributed by atoms with Gasteiger partial charge in [-0.25, -0.2) is 9.37 Å². The molecule has 7 nitrogen and oxygen atoms in total. The third kappa shape index (κ3) is 6.50. The molecule has 1 saturated carbocycles. The highest BCUT2D eigenvalue weighted by Gasteiger charge is 2.36. The lowest BCUT2D eigenvalue weighted by Crippen LogP contribution is -2.59. The van der Waals surface area contributed by atoms with Gasteiger partial charge in [-0.3, -0.25) is 9.59 Å². The van der Waals surface area contributed by atoms with E-state index in [0.29, 0.717) is 42.2 Å². The summed E-state index contributed by atoms with van der Waals surface area (Å²) in [5, 5.41) is 8.82. The van der Waals surface area contributed by atoms with Crippen LogP contribution in [0.5, 0.6) is 0 Å². The van der Waals surface area contributed by atoms with Crippen LogP contribution >= 0.6 is 23.6 Å². The second-order valence-electron chi connectivity index (χ2n) is 8.88. The van der Waals surface area contributed by atoms with Gasteiger partial charge in [0.05, 0.1) is 6.54 Å². The monoisotopic (exact) mass is 503 g/mol. The molecule has 2 N–H and O–H groups in total. The fourth-order valence-electron chi connectivity index (χ4n) is 4.71. The first-order valence-electron chi connectivity index (χ1n) is 11.8. The molecule has 4 rings (SSSR count). The summed E-state index contributed by atoms with van der Waals surface area (Å²) in [4.78, 5) is 34.1. The third-order valence-electron chi connectivity index (χ3n) is 6.50. The van der Waals surface area contributed by atoms with Crippen molar-refractivity contribution in [3.8, 4) is 0 Å². The third-order valence-corrected chi connectivity index (χ3v) is 7.59. The smallest absolute Gasteiger partial charge is 0.248 e. The van der Waals surface area contributed by atoms with Crippen LogP contribution in [0.1, 0.15) is 44.1 Å². The topological polar surface area (TPSA) is 77.6 Å². The molecule has 2 amide bonds. The SMILES string of the molecule is O=C(Nc1nccs1)C(CC1CCCCC1)N1CCN(C(=S)NCc2cccc(F)c2)CC1=O. The van der Waals surface area contributed by atoms with Gasteiger partial charge >= 0.3 is 0 Å². The van der Waals surface area contributed by atoms with Gasteiger partial charge in [0, 0.05) is 31.2 Å². The number of hydrogen-bond acceptors (Lipinski definition) is 5. The van der Waals surface area contributed by atoms with E-state index >= 15 is 0 Å². The Morgan fingerprint density at radius 1 is 1.26 bits per heavy atom. The molecule has 182 valence electrons. The Morgan fingerprint density at radius 2 is 2.09 bits per heavy atom. The number of carbonyl (C=O) groups is 2. The maximum absolute atomic E-state index is 13.4. The van der Waals surface area contributed by atoms with Crippen LogP contribution in [0, 0.1) is 11.7 Å². The number of rotatable bonds is 7. The largest absolute Gasteiger partial charge is 0.358 e. The van der Waals surface area contributed by atoms with E-state index in [0.717, 1.165) is 18.4 Å². The lowest BCUT2D eigenvalue weighted by atomic mass is 9.84. The molecule has 10 heteroatoms. The van der Waals surface area contributed by atoms with Crippen molar-refractivity contribution in [2.75, 3.05) is 25.0 Å². The highest BCUT2D eigenvalue weighted by Crippen LogP contribution is 2.30. The van der Waals surface area contributed by atoms with Crippen LogP contribution in [0.3, 0.4) is 0 Å². The molecule has 34 heavy (non-hydrogen) atoms. The molecule has 0 bridgehead atoms. The molecular weight excluding hydrogens is 473 g/mol. The number of benzene rings is 1. The van der Waals surface area contributed by atoms with E-state index < -0.39 is 6.04 Å². The number of nitrogens with one attached hydrogen (secondary N) is 2. The van der Waals surface area contributed by atoms with E-state index in [1.807, 2.05) is 16.3 Å². The minimum atomic E-state index is -0.518. The Hall–Kier alpha value is -2.59. The van der Waals surface area contributed by atoms with Crippen LogP contribution in [0.25, 0.3) is 0 Å². The number of piperazine rings is 1. The van der Waals surface area contributed by atoms with Crippen LogP contribution < -0.4 is 10.6 Å². The molecule has 1 unspecified atom stereocenters. The highest BCUT2D eigenvalue weighted by atomic mass is 32.1. The zero-order chi connectivity index (χ0) is 23.9. The van der Waals surface area contributed by atoms with E-state index in [2.05, 4.69) is 15.6 Å². The van der Waals surface area contributed by atoms with Crippen molar-refractivity contribution >= 4 is 45.6 Å². The number of carbonyl (C=O) groups excluding carboxylic acids is 2. The molecule has 1 aliphatic heterocycles. The summed E-state index contributed by atoms with van der Waals surface area (Å²) in [6, 6.07) is 5.80. The van der Waals surface area contributed by atoms with Crippen LogP contribution in [0.4, 0.5) is 9.52 Å². The van der Waals surface area contributed by atoms with Gasteiger partial charge in [-0.05, 0) is 42.3 Å². The van der Waals surface area contributed by atoms with Crippen LogP contribution in [-0.4, -0.2) is 57.4 Å². The molecule has 1 aliphatic carbocycles. The number of hydrogen-bond donors (Lipinski definition) is 2. The maximum Gasteiger partial charge on any atom is 0.248 e. The minimum Gasteiger partial charge on any atom is -0.358 e. The van der Waals surface area contributed by atoms with Crippen molar-refractivity contribution in [2.45, 2.75) is 51.1 Å². The predicted molar refractivity (Wildman–Crippen MR) is 135 cm³/mol. The van der Waals surface area contributed by atoms with Crippen molar-refractivity contribution < 1.29 is 14.0 Å². The number of nitrogens with zero attached hydrogens (tertiary/aromatic N) is 3. The summed E-state index contributed by atoms with van der Waals surface area (Å²) in [6.45, 7) is 1.45. The van der Waals surface area contributed by atoms with E-state index in [9.17, 15) is 14.0 Å². The van der Waals surface area contributed by atoms with Gasteiger partial charge in [-0.15, -0.1) is 11.3 Å².